The van der Waals surface area contributed by atoms with Gasteiger partial charge in [0.1, 0.15) is 18.4 Å². The van der Waals surface area contributed by atoms with E-state index in [4.69, 9.17) is 16.3 Å². The molecular weight excluding hydrogens is 370 g/mol. The molecule has 1 amide bonds. The Morgan fingerprint density at radius 2 is 2.31 bits per heavy atom. The molecule has 0 bridgehead atoms. The number of hydrogen-bond acceptors (Lipinski definition) is 4. The van der Waals surface area contributed by atoms with Crippen LogP contribution in [0.5, 0.6) is 5.75 Å². The molecule has 1 aromatic carbocycles. The van der Waals surface area contributed by atoms with Gasteiger partial charge in [-0.25, -0.2) is 0 Å². The molecule has 0 saturated heterocycles. The number of fused-ring (bicyclic) bond motifs is 1. The van der Waals surface area contributed by atoms with Gasteiger partial charge in [0.25, 0.3) is 0 Å². The van der Waals surface area contributed by atoms with Gasteiger partial charge in [-0.05, 0) is 53.1 Å². The second-order valence-corrected chi connectivity index (χ2v) is 7.55. The second-order valence-electron chi connectivity index (χ2n) is 6.36. The summed E-state index contributed by atoms with van der Waals surface area (Å²) in [6, 6.07) is 8.01. The van der Waals surface area contributed by atoms with Crippen LogP contribution in [0.15, 0.2) is 41.2 Å². The van der Waals surface area contributed by atoms with Crippen molar-refractivity contribution in [1.82, 2.24) is 15.1 Å². The molecule has 134 valence electrons. The van der Waals surface area contributed by atoms with Crippen LogP contribution >= 0.6 is 22.9 Å². The van der Waals surface area contributed by atoms with Crippen molar-refractivity contribution < 1.29 is 9.53 Å². The Bertz CT molecular complexity index is 936. The molecule has 5 nitrogen and oxygen atoms in total. The Kier molecular flexibility index (Phi) is 4.70. The minimum atomic E-state index is -0.108. The van der Waals surface area contributed by atoms with Crippen LogP contribution in [-0.2, 0) is 17.8 Å². The van der Waals surface area contributed by atoms with Crippen molar-refractivity contribution in [2.24, 2.45) is 0 Å². The average Bonchev–Trinajstić information content (AvgIpc) is 3.33. The molecule has 0 radical (unpaired) electrons. The molecule has 0 aliphatic carbocycles. The number of halogens is 1. The molecule has 3 aromatic rings. The quantitative estimate of drug-likeness (QED) is 0.726. The SMILES string of the molecule is Cc1ccn(CC(=O)NC[C@@H]2Cc3cc(-c4ccsc4)cc(Cl)c3O2)n1. The third kappa shape index (κ3) is 3.61. The Hall–Kier alpha value is -2.31. The maximum absolute atomic E-state index is 12.1. The summed E-state index contributed by atoms with van der Waals surface area (Å²) in [5.74, 6) is 0.644. The van der Waals surface area contributed by atoms with Gasteiger partial charge in [0.05, 0.1) is 17.3 Å². The van der Waals surface area contributed by atoms with E-state index in [-0.39, 0.29) is 18.6 Å². The highest BCUT2D eigenvalue weighted by atomic mass is 35.5. The molecule has 4 rings (SSSR count). The first-order chi connectivity index (χ1) is 12.6. The summed E-state index contributed by atoms with van der Waals surface area (Å²) in [5, 5.41) is 11.9. The number of carbonyl (C=O) groups excluding carboxylic acids is 1. The Balaban J connectivity index is 1.38. The van der Waals surface area contributed by atoms with E-state index in [1.54, 1.807) is 22.2 Å². The smallest absolute Gasteiger partial charge is 0.241 e. The molecule has 3 heterocycles. The van der Waals surface area contributed by atoms with Crippen molar-refractivity contribution in [3.05, 3.63) is 57.5 Å². The van der Waals surface area contributed by atoms with Crippen LogP contribution in [-0.4, -0.2) is 28.3 Å². The predicted molar refractivity (Wildman–Crippen MR) is 103 cm³/mol. The largest absolute Gasteiger partial charge is 0.486 e. The molecule has 26 heavy (non-hydrogen) atoms. The Labute approximate surface area is 160 Å². The predicted octanol–water partition coefficient (Wildman–Crippen LogP) is 3.69. The minimum Gasteiger partial charge on any atom is -0.486 e. The van der Waals surface area contributed by atoms with E-state index < -0.39 is 0 Å². The molecule has 1 N–H and O–H groups in total. The molecule has 1 atom stereocenters. The first-order valence-electron chi connectivity index (χ1n) is 8.37. The number of amides is 1. The van der Waals surface area contributed by atoms with Crippen LogP contribution in [0.4, 0.5) is 0 Å². The third-order valence-electron chi connectivity index (χ3n) is 4.31. The lowest BCUT2D eigenvalue weighted by Gasteiger charge is -2.12. The van der Waals surface area contributed by atoms with Crippen LogP contribution in [0.25, 0.3) is 11.1 Å². The normalized spacial score (nSPS) is 15.5. The number of aryl methyl sites for hydroxylation is 1. The maximum Gasteiger partial charge on any atom is 0.241 e. The van der Waals surface area contributed by atoms with Gasteiger partial charge in [0, 0.05) is 18.2 Å². The van der Waals surface area contributed by atoms with E-state index >= 15 is 0 Å². The van der Waals surface area contributed by atoms with E-state index in [0.717, 1.165) is 34.6 Å². The number of aromatic nitrogens is 2. The third-order valence-corrected chi connectivity index (χ3v) is 5.28. The summed E-state index contributed by atoms with van der Waals surface area (Å²) in [5.41, 5.74) is 4.23. The highest BCUT2D eigenvalue weighted by Gasteiger charge is 2.26. The number of hydrogen-bond donors (Lipinski definition) is 1. The molecule has 0 unspecified atom stereocenters. The zero-order valence-corrected chi connectivity index (χ0v) is 15.8. The van der Waals surface area contributed by atoms with Crippen molar-refractivity contribution in [3.63, 3.8) is 0 Å². The summed E-state index contributed by atoms with van der Waals surface area (Å²) in [6.07, 6.45) is 2.42. The number of nitrogens with one attached hydrogen (secondary N) is 1. The zero-order valence-electron chi connectivity index (χ0n) is 14.2. The number of carbonyl (C=O) groups is 1. The summed E-state index contributed by atoms with van der Waals surface area (Å²) in [7, 11) is 0. The maximum atomic E-state index is 12.1. The van der Waals surface area contributed by atoms with Gasteiger partial charge in [-0.15, -0.1) is 0 Å². The molecule has 0 spiro atoms. The molecule has 7 heteroatoms. The van der Waals surface area contributed by atoms with Crippen LogP contribution in [0.3, 0.4) is 0 Å². The van der Waals surface area contributed by atoms with Crippen LogP contribution in [0, 0.1) is 6.92 Å². The number of ether oxygens (including phenoxy) is 1. The van der Waals surface area contributed by atoms with E-state index in [9.17, 15) is 4.79 Å². The number of thiophene rings is 1. The van der Waals surface area contributed by atoms with Crippen LogP contribution in [0.1, 0.15) is 11.3 Å². The van der Waals surface area contributed by atoms with Gasteiger partial charge in [-0.1, -0.05) is 11.6 Å². The molecule has 0 saturated carbocycles. The van der Waals surface area contributed by atoms with E-state index in [1.807, 2.05) is 24.4 Å². The Morgan fingerprint density at radius 1 is 1.42 bits per heavy atom. The van der Waals surface area contributed by atoms with Gasteiger partial charge in [0.2, 0.25) is 5.91 Å². The lowest BCUT2D eigenvalue weighted by molar-refractivity contribution is -0.122. The standard InChI is InChI=1S/C19H18ClN3O2S/c1-12-2-4-23(22-12)10-18(24)21-9-16-7-15-6-14(13-3-5-26-11-13)8-17(20)19(15)25-16/h2-6,8,11,16H,7,9-10H2,1H3,(H,21,24)/t16-/m0/s1. The van der Waals surface area contributed by atoms with Crippen molar-refractivity contribution in [1.29, 1.82) is 0 Å². The van der Waals surface area contributed by atoms with E-state index in [0.29, 0.717) is 11.6 Å². The minimum absolute atomic E-state index is 0.0854. The second kappa shape index (κ2) is 7.13. The molecule has 1 aliphatic rings. The average molecular weight is 388 g/mol. The molecule has 0 fully saturated rings. The van der Waals surface area contributed by atoms with Crippen LogP contribution < -0.4 is 10.1 Å². The summed E-state index contributed by atoms with van der Waals surface area (Å²) in [4.78, 5) is 12.1. The molecular formula is C19H18ClN3O2S. The van der Waals surface area contributed by atoms with Crippen LogP contribution in [0.2, 0.25) is 5.02 Å². The van der Waals surface area contributed by atoms with Gasteiger partial charge in [0.15, 0.2) is 0 Å². The van der Waals surface area contributed by atoms with Gasteiger partial charge >= 0.3 is 0 Å². The fourth-order valence-electron chi connectivity index (χ4n) is 3.08. The summed E-state index contributed by atoms with van der Waals surface area (Å²) < 4.78 is 7.57. The lowest BCUT2D eigenvalue weighted by Crippen LogP contribution is -2.36. The van der Waals surface area contributed by atoms with Crippen molar-refractivity contribution in [3.8, 4) is 16.9 Å². The number of benzene rings is 1. The lowest BCUT2D eigenvalue weighted by atomic mass is 10.0. The molecule has 2 aromatic heterocycles. The van der Waals surface area contributed by atoms with Crippen molar-refractivity contribution in [2.45, 2.75) is 26.0 Å². The van der Waals surface area contributed by atoms with E-state index in [1.165, 1.54) is 0 Å². The summed E-state index contributed by atoms with van der Waals surface area (Å²) >= 11 is 8.07. The topological polar surface area (TPSA) is 56.2 Å². The summed E-state index contributed by atoms with van der Waals surface area (Å²) in [6.45, 7) is 2.54. The fraction of sp³-hybridized carbons (Fsp3) is 0.263. The highest BCUT2D eigenvalue weighted by molar-refractivity contribution is 7.08. The first-order valence-corrected chi connectivity index (χ1v) is 9.69. The van der Waals surface area contributed by atoms with Gasteiger partial charge in [-0.3, -0.25) is 9.48 Å². The fourth-order valence-corrected chi connectivity index (χ4v) is 4.03. The van der Waals surface area contributed by atoms with Gasteiger partial charge < -0.3 is 10.1 Å². The molecule has 1 aliphatic heterocycles. The van der Waals surface area contributed by atoms with Crippen molar-refractivity contribution >= 4 is 28.8 Å². The number of rotatable bonds is 5. The first kappa shape index (κ1) is 17.1. The zero-order chi connectivity index (χ0) is 18.1. The number of nitrogens with zero attached hydrogens (tertiary/aromatic N) is 2. The van der Waals surface area contributed by atoms with Gasteiger partial charge in [-0.2, -0.15) is 16.4 Å². The van der Waals surface area contributed by atoms with E-state index in [2.05, 4.69) is 27.9 Å². The monoisotopic (exact) mass is 387 g/mol. The van der Waals surface area contributed by atoms with Crippen molar-refractivity contribution in [2.75, 3.05) is 6.54 Å². The Morgan fingerprint density at radius 3 is 3.04 bits per heavy atom. The highest BCUT2D eigenvalue weighted by Crippen LogP contribution is 2.39.